The highest BCUT2D eigenvalue weighted by atomic mass is 14.7. The average Bonchev–Trinajstić information content (AvgIpc) is 2.58. The summed E-state index contributed by atoms with van der Waals surface area (Å²) in [6, 6.07) is 27.5. The van der Waals surface area contributed by atoms with Gasteiger partial charge in [0.05, 0.1) is 0 Å². The molecule has 0 bridgehead atoms. The molecule has 0 N–H and O–H groups in total. The van der Waals surface area contributed by atoms with E-state index in [2.05, 4.69) is 77.8 Å². The van der Waals surface area contributed by atoms with Crippen molar-refractivity contribution in [2.45, 2.75) is 18.8 Å². The fourth-order valence-electron chi connectivity index (χ4n) is 2.71. The van der Waals surface area contributed by atoms with Gasteiger partial charge in [-0.05, 0) is 36.1 Å². The quantitative estimate of drug-likeness (QED) is 0.647. The van der Waals surface area contributed by atoms with Crippen LogP contribution in [0.2, 0.25) is 0 Å². The summed E-state index contributed by atoms with van der Waals surface area (Å²) < 4.78 is 0. The van der Waals surface area contributed by atoms with Crippen molar-refractivity contribution in [2.75, 3.05) is 0 Å². The van der Waals surface area contributed by atoms with E-state index in [0.29, 0.717) is 5.92 Å². The number of rotatable bonds is 5. The summed E-state index contributed by atoms with van der Waals surface area (Å²) in [5, 5.41) is 0. The van der Waals surface area contributed by atoms with Crippen LogP contribution < -0.4 is 0 Å². The van der Waals surface area contributed by atoms with Crippen LogP contribution in [0, 0.1) is 0 Å². The second-order valence-electron chi connectivity index (χ2n) is 5.24. The fraction of sp³-hybridized carbons (Fsp3) is 0.150. The van der Waals surface area contributed by atoms with Crippen molar-refractivity contribution < 1.29 is 0 Å². The lowest BCUT2D eigenvalue weighted by Gasteiger charge is -2.17. The van der Waals surface area contributed by atoms with E-state index in [4.69, 9.17) is 0 Å². The first-order valence-corrected chi connectivity index (χ1v) is 7.43. The van der Waals surface area contributed by atoms with Gasteiger partial charge >= 0.3 is 0 Å². The van der Waals surface area contributed by atoms with Crippen molar-refractivity contribution in [3.63, 3.8) is 0 Å². The zero-order chi connectivity index (χ0) is 14.3. The molecule has 0 saturated carbocycles. The minimum atomic E-state index is 0.354. The molecular formula is C20H19N. The number of pyridine rings is 1. The number of hydrogen-bond donors (Lipinski definition) is 0. The molecule has 1 heteroatoms. The van der Waals surface area contributed by atoms with Crippen LogP contribution in [0.15, 0.2) is 85.1 Å². The SMILES string of the molecule is c1ccc(CCC(c2ccccc2)c2ccccn2)cc1. The van der Waals surface area contributed by atoms with Gasteiger partial charge in [0.1, 0.15) is 0 Å². The van der Waals surface area contributed by atoms with Crippen molar-refractivity contribution in [3.05, 3.63) is 102 Å². The van der Waals surface area contributed by atoms with Crippen molar-refractivity contribution >= 4 is 0 Å². The van der Waals surface area contributed by atoms with Crippen LogP contribution in [-0.4, -0.2) is 4.98 Å². The fourth-order valence-corrected chi connectivity index (χ4v) is 2.71. The third-order valence-corrected chi connectivity index (χ3v) is 3.81. The van der Waals surface area contributed by atoms with Gasteiger partial charge in [-0.3, -0.25) is 4.98 Å². The molecule has 1 unspecified atom stereocenters. The van der Waals surface area contributed by atoms with Gasteiger partial charge in [0, 0.05) is 17.8 Å². The molecular weight excluding hydrogens is 254 g/mol. The Morgan fingerprint density at radius 3 is 2.05 bits per heavy atom. The van der Waals surface area contributed by atoms with Crippen molar-refractivity contribution in [1.29, 1.82) is 0 Å². The highest BCUT2D eigenvalue weighted by Crippen LogP contribution is 2.27. The lowest BCUT2D eigenvalue weighted by atomic mass is 9.89. The Balaban J connectivity index is 1.83. The number of aryl methyl sites for hydroxylation is 1. The molecule has 2 aromatic carbocycles. The standard InChI is InChI=1S/C20H19N/c1-3-9-17(10-4-1)14-15-19(18-11-5-2-6-12-18)20-13-7-8-16-21-20/h1-13,16,19H,14-15H2. The van der Waals surface area contributed by atoms with Crippen LogP contribution in [0.5, 0.6) is 0 Å². The molecule has 1 nitrogen and oxygen atoms in total. The van der Waals surface area contributed by atoms with Gasteiger partial charge in [-0.1, -0.05) is 66.7 Å². The topological polar surface area (TPSA) is 12.9 Å². The molecule has 3 rings (SSSR count). The second kappa shape index (κ2) is 6.85. The highest BCUT2D eigenvalue weighted by Gasteiger charge is 2.14. The molecule has 0 aliphatic heterocycles. The van der Waals surface area contributed by atoms with Gasteiger partial charge in [0.15, 0.2) is 0 Å². The van der Waals surface area contributed by atoms with E-state index in [0.717, 1.165) is 18.5 Å². The number of benzene rings is 2. The van der Waals surface area contributed by atoms with Crippen LogP contribution in [0.25, 0.3) is 0 Å². The summed E-state index contributed by atoms with van der Waals surface area (Å²) >= 11 is 0. The largest absolute Gasteiger partial charge is 0.261 e. The van der Waals surface area contributed by atoms with Gasteiger partial charge in [0.2, 0.25) is 0 Å². The molecule has 0 radical (unpaired) electrons. The summed E-state index contributed by atoms with van der Waals surface area (Å²) in [5.74, 6) is 0.354. The number of hydrogen-bond acceptors (Lipinski definition) is 1. The number of nitrogens with zero attached hydrogens (tertiary/aromatic N) is 1. The number of aromatic nitrogens is 1. The third-order valence-electron chi connectivity index (χ3n) is 3.81. The van der Waals surface area contributed by atoms with Crippen LogP contribution in [0.3, 0.4) is 0 Å². The van der Waals surface area contributed by atoms with E-state index < -0.39 is 0 Å². The lowest BCUT2D eigenvalue weighted by Crippen LogP contribution is -2.05. The van der Waals surface area contributed by atoms with Gasteiger partial charge in [-0.15, -0.1) is 0 Å². The summed E-state index contributed by atoms with van der Waals surface area (Å²) in [4.78, 5) is 4.57. The maximum absolute atomic E-state index is 4.57. The molecule has 0 spiro atoms. The van der Waals surface area contributed by atoms with Gasteiger partial charge < -0.3 is 0 Å². The molecule has 0 amide bonds. The van der Waals surface area contributed by atoms with E-state index in [9.17, 15) is 0 Å². The average molecular weight is 273 g/mol. The minimum Gasteiger partial charge on any atom is -0.261 e. The first kappa shape index (κ1) is 13.6. The Labute approximate surface area is 126 Å². The molecule has 21 heavy (non-hydrogen) atoms. The van der Waals surface area contributed by atoms with Gasteiger partial charge in [-0.25, -0.2) is 0 Å². The summed E-state index contributed by atoms with van der Waals surface area (Å²) in [6.45, 7) is 0. The zero-order valence-corrected chi connectivity index (χ0v) is 12.0. The summed E-state index contributed by atoms with van der Waals surface area (Å²) in [5.41, 5.74) is 3.88. The van der Waals surface area contributed by atoms with E-state index >= 15 is 0 Å². The first-order valence-electron chi connectivity index (χ1n) is 7.43. The molecule has 0 saturated heterocycles. The molecule has 3 aromatic rings. The molecule has 0 aliphatic rings. The predicted octanol–water partition coefficient (Wildman–Crippen LogP) is 4.85. The smallest absolute Gasteiger partial charge is 0.0478 e. The predicted molar refractivity (Wildman–Crippen MR) is 87.3 cm³/mol. The normalized spacial score (nSPS) is 12.0. The Kier molecular flexibility index (Phi) is 4.42. The molecule has 0 fully saturated rings. The highest BCUT2D eigenvalue weighted by molar-refractivity contribution is 5.29. The second-order valence-corrected chi connectivity index (χ2v) is 5.24. The maximum Gasteiger partial charge on any atom is 0.0478 e. The molecule has 104 valence electrons. The van der Waals surface area contributed by atoms with E-state index in [1.54, 1.807) is 0 Å². The molecule has 1 aromatic heterocycles. The Morgan fingerprint density at radius 2 is 1.38 bits per heavy atom. The molecule has 1 heterocycles. The Hall–Kier alpha value is -2.41. The van der Waals surface area contributed by atoms with Gasteiger partial charge in [0.25, 0.3) is 0 Å². The maximum atomic E-state index is 4.57. The zero-order valence-electron chi connectivity index (χ0n) is 12.0. The van der Waals surface area contributed by atoms with E-state index in [1.165, 1.54) is 11.1 Å². The van der Waals surface area contributed by atoms with Crippen molar-refractivity contribution in [2.24, 2.45) is 0 Å². The monoisotopic (exact) mass is 273 g/mol. The summed E-state index contributed by atoms with van der Waals surface area (Å²) in [7, 11) is 0. The molecule has 0 aliphatic carbocycles. The van der Waals surface area contributed by atoms with E-state index in [1.807, 2.05) is 12.3 Å². The van der Waals surface area contributed by atoms with Gasteiger partial charge in [-0.2, -0.15) is 0 Å². The van der Waals surface area contributed by atoms with Crippen LogP contribution in [-0.2, 0) is 6.42 Å². The van der Waals surface area contributed by atoms with Crippen LogP contribution >= 0.6 is 0 Å². The third kappa shape index (κ3) is 3.57. The van der Waals surface area contributed by atoms with Crippen LogP contribution in [0.1, 0.15) is 29.2 Å². The molecule has 1 atom stereocenters. The Bertz CT molecular complexity index is 608. The first-order chi connectivity index (χ1) is 10.4. The van der Waals surface area contributed by atoms with Crippen LogP contribution in [0.4, 0.5) is 0 Å². The lowest BCUT2D eigenvalue weighted by molar-refractivity contribution is 0.695. The summed E-state index contributed by atoms with van der Waals surface area (Å²) in [6.07, 6.45) is 4.02. The van der Waals surface area contributed by atoms with Crippen molar-refractivity contribution in [1.82, 2.24) is 4.98 Å². The van der Waals surface area contributed by atoms with Crippen molar-refractivity contribution in [3.8, 4) is 0 Å². The Morgan fingerprint density at radius 1 is 0.714 bits per heavy atom. The minimum absolute atomic E-state index is 0.354. The van der Waals surface area contributed by atoms with E-state index in [-0.39, 0.29) is 0 Å².